The molecular weight excluding hydrogens is 248 g/mol. The molecule has 1 aliphatic rings. The van der Waals surface area contributed by atoms with E-state index in [1.807, 2.05) is 0 Å². The lowest BCUT2D eigenvalue weighted by molar-refractivity contribution is -0.385. The zero-order chi connectivity index (χ0) is 13.8. The maximum Gasteiger partial charge on any atom is 0.311 e. The van der Waals surface area contributed by atoms with Crippen LogP contribution in [0.4, 0.5) is 11.4 Å². The number of anilines is 1. The molecule has 0 amide bonds. The van der Waals surface area contributed by atoms with Gasteiger partial charge in [0.2, 0.25) is 0 Å². The molecule has 0 heterocycles. The van der Waals surface area contributed by atoms with Gasteiger partial charge >= 0.3 is 5.69 Å². The second kappa shape index (κ2) is 5.88. The molecule has 2 atom stereocenters. The average Bonchev–Trinajstić information content (AvgIpc) is 2.81. The number of hydrogen-bond acceptors (Lipinski definition) is 5. The van der Waals surface area contributed by atoms with Crippen molar-refractivity contribution >= 4 is 11.4 Å². The van der Waals surface area contributed by atoms with Gasteiger partial charge in [-0.1, -0.05) is 6.42 Å². The van der Waals surface area contributed by atoms with Crippen LogP contribution in [0.1, 0.15) is 19.3 Å². The minimum absolute atomic E-state index is 0.0473. The van der Waals surface area contributed by atoms with Gasteiger partial charge in [-0.2, -0.15) is 0 Å². The number of hydrogen-bond donors (Lipinski definition) is 2. The smallest absolute Gasteiger partial charge is 0.311 e. The molecule has 1 aliphatic carbocycles. The van der Waals surface area contributed by atoms with Crippen LogP contribution in [-0.2, 0) is 0 Å². The van der Waals surface area contributed by atoms with Crippen molar-refractivity contribution in [3.05, 3.63) is 28.3 Å². The zero-order valence-electron chi connectivity index (χ0n) is 10.8. The highest BCUT2D eigenvalue weighted by molar-refractivity contribution is 5.57. The van der Waals surface area contributed by atoms with Crippen molar-refractivity contribution in [2.75, 3.05) is 19.0 Å². The van der Waals surface area contributed by atoms with Gasteiger partial charge in [-0.05, 0) is 18.9 Å². The molecule has 0 aliphatic heterocycles. The Labute approximate surface area is 111 Å². The number of nitrogens with zero attached hydrogens (tertiary/aromatic N) is 1. The summed E-state index contributed by atoms with van der Waals surface area (Å²) in [6.07, 6.45) is 2.68. The van der Waals surface area contributed by atoms with E-state index < -0.39 is 4.92 Å². The number of nitro benzene ring substituents is 1. The fraction of sp³-hybridized carbons (Fsp3) is 0.538. The summed E-state index contributed by atoms with van der Waals surface area (Å²) in [7, 11) is 1.41. The summed E-state index contributed by atoms with van der Waals surface area (Å²) in [5.41, 5.74) is 0.718. The Hall–Kier alpha value is -1.82. The van der Waals surface area contributed by atoms with Crippen molar-refractivity contribution in [3.63, 3.8) is 0 Å². The third-order valence-corrected chi connectivity index (χ3v) is 3.56. The highest BCUT2D eigenvalue weighted by atomic mass is 16.6. The SMILES string of the molecule is COc1cc(NCC2CCCC2O)ccc1[N+](=O)[O-]. The average molecular weight is 266 g/mol. The van der Waals surface area contributed by atoms with Crippen LogP contribution in [0.25, 0.3) is 0 Å². The fourth-order valence-electron chi connectivity index (χ4n) is 2.44. The highest BCUT2D eigenvalue weighted by Crippen LogP contribution is 2.31. The van der Waals surface area contributed by atoms with E-state index >= 15 is 0 Å². The maximum absolute atomic E-state index is 10.8. The molecule has 1 saturated carbocycles. The monoisotopic (exact) mass is 266 g/mol. The molecule has 0 bridgehead atoms. The first-order valence-electron chi connectivity index (χ1n) is 6.36. The highest BCUT2D eigenvalue weighted by Gasteiger charge is 2.25. The fourth-order valence-corrected chi connectivity index (χ4v) is 2.44. The first-order chi connectivity index (χ1) is 9.11. The molecule has 19 heavy (non-hydrogen) atoms. The lowest BCUT2D eigenvalue weighted by atomic mass is 10.1. The predicted octanol–water partition coefficient (Wildman–Crippen LogP) is 2.18. The van der Waals surface area contributed by atoms with Crippen molar-refractivity contribution in [1.29, 1.82) is 0 Å². The molecule has 0 spiro atoms. The molecule has 2 N–H and O–H groups in total. The van der Waals surface area contributed by atoms with Gasteiger partial charge in [0, 0.05) is 30.3 Å². The third-order valence-electron chi connectivity index (χ3n) is 3.56. The minimum atomic E-state index is -0.469. The second-order valence-corrected chi connectivity index (χ2v) is 4.78. The number of aliphatic hydroxyl groups is 1. The number of methoxy groups -OCH3 is 1. The van der Waals surface area contributed by atoms with Gasteiger partial charge in [-0.3, -0.25) is 10.1 Å². The van der Waals surface area contributed by atoms with Crippen LogP contribution in [0.5, 0.6) is 5.75 Å². The standard InChI is InChI=1S/C13H18N2O4/c1-19-13-7-10(5-6-11(13)15(17)18)14-8-9-3-2-4-12(9)16/h5-7,9,12,14,16H,2-4,8H2,1H3. The summed E-state index contributed by atoms with van der Waals surface area (Å²) < 4.78 is 5.01. The van der Waals surface area contributed by atoms with E-state index in [1.165, 1.54) is 13.2 Å². The second-order valence-electron chi connectivity index (χ2n) is 4.78. The Kier molecular flexibility index (Phi) is 4.21. The van der Waals surface area contributed by atoms with Gasteiger partial charge in [0.1, 0.15) is 0 Å². The molecule has 6 heteroatoms. The maximum atomic E-state index is 10.8. The van der Waals surface area contributed by atoms with Crippen LogP contribution in [0.15, 0.2) is 18.2 Å². The van der Waals surface area contributed by atoms with Crippen LogP contribution in [0.2, 0.25) is 0 Å². The molecule has 0 aromatic heterocycles. The Morgan fingerprint density at radius 2 is 2.32 bits per heavy atom. The van der Waals surface area contributed by atoms with Crippen molar-refractivity contribution in [1.82, 2.24) is 0 Å². The van der Waals surface area contributed by atoms with Crippen LogP contribution in [0.3, 0.4) is 0 Å². The molecule has 0 saturated heterocycles. The van der Waals surface area contributed by atoms with Gasteiger partial charge in [-0.25, -0.2) is 0 Å². The molecule has 1 aromatic carbocycles. The summed E-state index contributed by atoms with van der Waals surface area (Å²) >= 11 is 0. The van der Waals surface area contributed by atoms with Gasteiger partial charge in [0.15, 0.2) is 5.75 Å². The van der Waals surface area contributed by atoms with E-state index in [9.17, 15) is 15.2 Å². The van der Waals surface area contributed by atoms with E-state index in [0.717, 1.165) is 24.9 Å². The third kappa shape index (κ3) is 3.14. The summed E-state index contributed by atoms with van der Waals surface area (Å²) in [5.74, 6) is 0.489. The van der Waals surface area contributed by atoms with E-state index in [2.05, 4.69) is 5.32 Å². The van der Waals surface area contributed by atoms with Gasteiger partial charge < -0.3 is 15.2 Å². The molecule has 0 radical (unpaired) electrons. The lowest BCUT2D eigenvalue weighted by Crippen LogP contribution is -2.21. The normalized spacial score (nSPS) is 22.2. The molecule has 104 valence electrons. The van der Waals surface area contributed by atoms with Crippen LogP contribution in [-0.4, -0.2) is 29.8 Å². The van der Waals surface area contributed by atoms with Gasteiger partial charge in [-0.15, -0.1) is 0 Å². The molecule has 2 unspecified atom stereocenters. The zero-order valence-corrected chi connectivity index (χ0v) is 10.8. The summed E-state index contributed by atoms with van der Waals surface area (Å²) in [6, 6.07) is 4.69. The largest absolute Gasteiger partial charge is 0.490 e. The van der Waals surface area contributed by atoms with E-state index in [0.29, 0.717) is 6.54 Å². The number of nitro groups is 1. The number of rotatable bonds is 5. The Balaban J connectivity index is 2.02. The van der Waals surface area contributed by atoms with Crippen LogP contribution in [0, 0.1) is 16.0 Å². The topological polar surface area (TPSA) is 84.6 Å². The van der Waals surface area contributed by atoms with Crippen molar-refractivity contribution in [3.8, 4) is 5.75 Å². The van der Waals surface area contributed by atoms with E-state index in [1.54, 1.807) is 12.1 Å². The van der Waals surface area contributed by atoms with Gasteiger partial charge in [0.05, 0.1) is 18.1 Å². The lowest BCUT2D eigenvalue weighted by Gasteiger charge is -2.16. The number of ether oxygens (including phenoxy) is 1. The number of benzene rings is 1. The summed E-state index contributed by atoms with van der Waals surface area (Å²) in [4.78, 5) is 10.3. The number of aliphatic hydroxyl groups excluding tert-OH is 1. The summed E-state index contributed by atoms with van der Waals surface area (Å²) in [6.45, 7) is 0.669. The Bertz CT molecular complexity index is 464. The van der Waals surface area contributed by atoms with Crippen molar-refractivity contribution < 1.29 is 14.8 Å². The quantitative estimate of drug-likeness (QED) is 0.630. The Morgan fingerprint density at radius 1 is 1.53 bits per heavy atom. The van der Waals surface area contributed by atoms with Gasteiger partial charge in [0.25, 0.3) is 0 Å². The minimum Gasteiger partial charge on any atom is -0.490 e. The Morgan fingerprint density at radius 3 is 2.89 bits per heavy atom. The predicted molar refractivity (Wildman–Crippen MR) is 71.5 cm³/mol. The first-order valence-corrected chi connectivity index (χ1v) is 6.36. The molecule has 6 nitrogen and oxygen atoms in total. The van der Waals surface area contributed by atoms with Crippen LogP contribution < -0.4 is 10.1 Å². The van der Waals surface area contributed by atoms with Crippen LogP contribution >= 0.6 is 0 Å². The molecular formula is C13H18N2O4. The first kappa shape index (κ1) is 13.6. The molecule has 2 rings (SSSR count). The number of nitrogens with one attached hydrogen (secondary N) is 1. The van der Waals surface area contributed by atoms with Crippen molar-refractivity contribution in [2.24, 2.45) is 5.92 Å². The van der Waals surface area contributed by atoms with E-state index in [4.69, 9.17) is 4.74 Å². The van der Waals surface area contributed by atoms with E-state index in [-0.39, 0.29) is 23.5 Å². The summed E-state index contributed by atoms with van der Waals surface area (Å²) in [5, 5.41) is 23.7. The van der Waals surface area contributed by atoms with Crippen molar-refractivity contribution in [2.45, 2.75) is 25.4 Å². The molecule has 1 aromatic rings. The molecule has 1 fully saturated rings.